The van der Waals surface area contributed by atoms with Crippen LogP contribution in [0.4, 0.5) is 0 Å². The number of hydrogen-bond acceptors (Lipinski definition) is 3. The number of thiazole rings is 1. The van der Waals surface area contributed by atoms with E-state index in [1.165, 1.54) is 11.0 Å². The van der Waals surface area contributed by atoms with Gasteiger partial charge in [-0.25, -0.2) is 4.98 Å². The first kappa shape index (κ1) is 10.8. The van der Waals surface area contributed by atoms with Crippen molar-refractivity contribution >= 4 is 33.5 Å². The number of hydrogen-bond donors (Lipinski definition) is 0. The third-order valence-corrected chi connectivity index (χ3v) is 3.12. The number of amides is 1. The summed E-state index contributed by atoms with van der Waals surface area (Å²) in [6.45, 7) is 0. The fourth-order valence-electron chi connectivity index (χ4n) is 1.25. The van der Waals surface area contributed by atoms with Crippen molar-refractivity contribution in [1.29, 1.82) is 0 Å². The van der Waals surface area contributed by atoms with Crippen molar-refractivity contribution in [2.24, 2.45) is 0 Å². The molecule has 82 valence electrons. The van der Waals surface area contributed by atoms with Crippen LogP contribution in [0.1, 0.15) is 5.01 Å². The van der Waals surface area contributed by atoms with E-state index in [-0.39, 0.29) is 5.91 Å². The highest BCUT2D eigenvalue weighted by molar-refractivity contribution is 7.19. The summed E-state index contributed by atoms with van der Waals surface area (Å²) in [5, 5.41) is 0.858. The van der Waals surface area contributed by atoms with Crippen LogP contribution in [0.3, 0.4) is 0 Å². The van der Waals surface area contributed by atoms with Gasteiger partial charge in [0, 0.05) is 20.2 Å². The number of para-hydroxylation sites is 1. The van der Waals surface area contributed by atoms with Crippen LogP contribution >= 0.6 is 11.3 Å². The summed E-state index contributed by atoms with van der Waals surface area (Å²) in [5.41, 5.74) is 0.976. The second-order valence-corrected chi connectivity index (χ2v) is 4.65. The Morgan fingerprint density at radius 1 is 1.38 bits per heavy atom. The van der Waals surface area contributed by atoms with Gasteiger partial charge in [-0.05, 0) is 18.2 Å². The molecule has 1 amide bonds. The van der Waals surface area contributed by atoms with Crippen molar-refractivity contribution < 1.29 is 4.79 Å². The molecule has 2 rings (SSSR count). The van der Waals surface area contributed by atoms with E-state index in [1.54, 1.807) is 31.5 Å². The minimum absolute atomic E-state index is 0.0285. The maximum absolute atomic E-state index is 11.3. The molecule has 0 atom stereocenters. The van der Waals surface area contributed by atoms with Gasteiger partial charge in [0.05, 0.1) is 10.2 Å². The predicted octanol–water partition coefficient (Wildman–Crippen LogP) is 2.40. The molecule has 0 unspecified atom stereocenters. The number of nitrogens with zero attached hydrogens (tertiary/aromatic N) is 2. The summed E-state index contributed by atoms with van der Waals surface area (Å²) in [5.74, 6) is -0.0285. The normalized spacial score (nSPS) is 11.1. The zero-order valence-corrected chi connectivity index (χ0v) is 9.99. The number of benzene rings is 1. The van der Waals surface area contributed by atoms with Gasteiger partial charge in [0.1, 0.15) is 5.01 Å². The van der Waals surface area contributed by atoms with E-state index in [1.807, 2.05) is 24.3 Å². The zero-order chi connectivity index (χ0) is 11.5. The monoisotopic (exact) mass is 232 g/mol. The Kier molecular flexibility index (Phi) is 3.01. The van der Waals surface area contributed by atoms with Crippen LogP contribution in [0.15, 0.2) is 30.3 Å². The number of aromatic nitrogens is 1. The molecule has 0 aliphatic rings. The third kappa shape index (κ3) is 2.28. The van der Waals surface area contributed by atoms with Gasteiger partial charge in [-0.1, -0.05) is 12.1 Å². The average molecular weight is 232 g/mol. The van der Waals surface area contributed by atoms with Crippen molar-refractivity contribution in [2.75, 3.05) is 14.1 Å². The molecule has 16 heavy (non-hydrogen) atoms. The smallest absolute Gasteiger partial charge is 0.246 e. The van der Waals surface area contributed by atoms with E-state index in [4.69, 9.17) is 0 Å². The van der Waals surface area contributed by atoms with Gasteiger partial charge in [-0.3, -0.25) is 4.79 Å². The maximum atomic E-state index is 11.3. The molecule has 0 saturated heterocycles. The molecular formula is C12H12N2OS. The summed E-state index contributed by atoms with van der Waals surface area (Å²) in [6, 6.07) is 7.94. The highest BCUT2D eigenvalue weighted by Crippen LogP contribution is 2.22. The molecule has 0 spiro atoms. The van der Waals surface area contributed by atoms with Gasteiger partial charge < -0.3 is 4.90 Å². The first-order chi connectivity index (χ1) is 7.66. The Morgan fingerprint density at radius 3 is 2.81 bits per heavy atom. The van der Waals surface area contributed by atoms with E-state index in [2.05, 4.69) is 4.98 Å². The zero-order valence-electron chi connectivity index (χ0n) is 9.18. The lowest BCUT2D eigenvalue weighted by Gasteiger charge is -2.04. The van der Waals surface area contributed by atoms with Crippen molar-refractivity contribution in [1.82, 2.24) is 9.88 Å². The highest BCUT2D eigenvalue weighted by Gasteiger charge is 2.01. The van der Waals surface area contributed by atoms with Crippen molar-refractivity contribution in [3.05, 3.63) is 35.3 Å². The average Bonchev–Trinajstić information content (AvgIpc) is 2.68. The molecule has 1 aromatic carbocycles. The second-order valence-electron chi connectivity index (χ2n) is 3.59. The Bertz CT molecular complexity index is 510. The summed E-state index contributed by atoms with van der Waals surface area (Å²) >= 11 is 1.58. The quantitative estimate of drug-likeness (QED) is 0.745. The van der Waals surface area contributed by atoms with Gasteiger partial charge >= 0.3 is 0 Å². The Labute approximate surface area is 98.0 Å². The number of rotatable bonds is 2. The molecule has 1 heterocycles. The molecule has 1 aromatic heterocycles. The van der Waals surface area contributed by atoms with Gasteiger partial charge in [0.15, 0.2) is 0 Å². The van der Waals surface area contributed by atoms with Gasteiger partial charge in [-0.2, -0.15) is 0 Å². The molecule has 0 radical (unpaired) electrons. The van der Waals surface area contributed by atoms with Crippen LogP contribution in [0.5, 0.6) is 0 Å². The fourth-order valence-corrected chi connectivity index (χ4v) is 2.12. The summed E-state index contributed by atoms with van der Waals surface area (Å²) < 4.78 is 1.14. The molecule has 0 saturated carbocycles. The van der Waals surface area contributed by atoms with E-state index < -0.39 is 0 Å². The fraction of sp³-hybridized carbons (Fsp3) is 0.167. The van der Waals surface area contributed by atoms with E-state index >= 15 is 0 Å². The lowest BCUT2D eigenvalue weighted by atomic mass is 10.3. The third-order valence-electron chi connectivity index (χ3n) is 2.12. The largest absolute Gasteiger partial charge is 0.345 e. The molecule has 0 aliphatic carbocycles. The molecule has 0 N–H and O–H groups in total. The number of carbonyl (C=O) groups excluding carboxylic acids is 1. The van der Waals surface area contributed by atoms with Crippen LogP contribution in [-0.4, -0.2) is 29.9 Å². The first-order valence-corrected chi connectivity index (χ1v) is 5.73. The minimum atomic E-state index is -0.0285. The van der Waals surface area contributed by atoms with Gasteiger partial charge in [-0.15, -0.1) is 11.3 Å². The molecular weight excluding hydrogens is 220 g/mol. The molecule has 0 aliphatic heterocycles. The van der Waals surface area contributed by atoms with Crippen molar-refractivity contribution in [3.63, 3.8) is 0 Å². The molecule has 0 fully saturated rings. The molecule has 4 heteroatoms. The molecule has 3 nitrogen and oxygen atoms in total. The lowest BCUT2D eigenvalue weighted by molar-refractivity contribution is -0.123. The predicted molar refractivity (Wildman–Crippen MR) is 67.3 cm³/mol. The van der Waals surface area contributed by atoms with Crippen LogP contribution in [0.2, 0.25) is 0 Å². The van der Waals surface area contributed by atoms with Crippen LogP contribution in [-0.2, 0) is 4.79 Å². The Hall–Kier alpha value is -1.68. The van der Waals surface area contributed by atoms with Gasteiger partial charge in [0.2, 0.25) is 5.91 Å². The Balaban J connectivity index is 2.25. The summed E-state index contributed by atoms with van der Waals surface area (Å²) in [7, 11) is 3.45. The van der Waals surface area contributed by atoms with E-state index in [0.29, 0.717) is 0 Å². The minimum Gasteiger partial charge on any atom is -0.345 e. The number of carbonyl (C=O) groups is 1. The van der Waals surface area contributed by atoms with Crippen molar-refractivity contribution in [3.8, 4) is 0 Å². The van der Waals surface area contributed by atoms with E-state index in [9.17, 15) is 4.79 Å². The standard InChI is InChI=1S/C12H12N2OS/c1-14(2)12(15)8-7-11-13-9-5-3-4-6-10(9)16-11/h3-8H,1-2H3. The first-order valence-electron chi connectivity index (χ1n) is 4.92. The maximum Gasteiger partial charge on any atom is 0.246 e. The van der Waals surface area contributed by atoms with E-state index in [0.717, 1.165) is 15.2 Å². The molecule has 2 aromatic rings. The van der Waals surface area contributed by atoms with Gasteiger partial charge in [0.25, 0.3) is 0 Å². The second kappa shape index (κ2) is 4.45. The van der Waals surface area contributed by atoms with Crippen LogP contribution < -0.4 is 0 Å². The Morgan fingerprint density at radius 2 is 2.12 bits per heavy atom. The SMILES string of the molecule is CN(C)C(=O)C=Cc1nc2ccccc2s1. The van der Waals surface area contributed by atoms with Crippen LogP contribution in [0.25, 0.3) is 16.3 Å². The summed E-state index contributed by atoms with van der Waals surface area (Å²) in [6.07, 6.45) is 3.30. The topological polar surface area (TPSA) is 33.2 Å². The highest BCUT2D eigenvalue weighted by atomic mass is 32.1. The number of fused-ring (bicyclic) bond motifs is 1. The van der Waals surface area contributed by atoms with Crippen LogP contribution in [0, 0.1) is 0 Å². The summed E-state index contributed by atoms with van der Waals surface area (Å²) in [4.78, 5) is 17.3. The van der Waals surface area contributed by atoms with Crippen molar-refractivity contribution in [2.45, 2.75) is 0 Å². The molecule has 0 bridgehead atoms. The lowest BCUT2D eigenvalue weighted by Crippen LogP contribution is -2.18. The number of likely N-dealkylation sites (N-methyl/N-ethyl adjacent to an activating group) is 1.